The fraction of sp³-hybridized carbons (Fsp3) is 0.148. The Kier molecular flexibility index (Phi) is 6.54. The third-order valence-electron chi connectivity index (χ3n) is 5.60. The molecule has 0 aliphatic heterocycles. The van der Waals surface area contributed by atoms with Gasteiger partial charge in [-0.3, -0.25) is 9.20 Å². The maximum Gasteiger partial charge on any atom is 0.269 e. The first-order valence-corrected chi connectivity index (χ1v) is 12.4. The molecule has 2 heterocycles. The molecule has 0 aliphatic rings. The summed E-state index contributed by atoms with van der Waals surface area (Å²) < 4.78 is 33.6. The van der Waals surface area contributed by atoms with Gasteiger partial charge in [0.1, 0.15) is 27.9 Å². The van der Waals surface area contributed by atoms with Gasteiger partial charge in [-0.05, 0) is 67.8 Å². The van der Waals surface area contributed by atoms with Gasteiger partial charge in [-0.1, -0.05) is 42.8 Å². The molecular formula is C27H23N3O4S. The maximum absolute atomic E-state index is 13.4. The van der Waals surface area contributed by atoms with Crippen molar-refractivity contribution >= 4 is 21.6 Å². The monoisotopic (exact) mass is 485 g/mol. The molecule has 0 N–H and O–H groups in total. The van der Waals surface area contributed by atoms with Crippen LogP contribution in [0.15, 0.2) is 81.5 Å². The van der Waals surface area contributed by atoms with E-state index in [-0.39, 0.29) is 16.3 Å². The molecule has 0 bridgehead atoms. The molecule has 0 amide bonds. The van der Waals surface area contributed by atoms with Crippen molar-refractivity contribution < 1.29 is 13.2 Å². The number of hydrogen-bond acceptors (Lipinski definition) is 6. The largest absolute Gasteiger partial charge is 0.438 e. The standard InChI is InChI=1S/C27H23N3O4S/c1-4-20-9-11-21(12-10-20)34-26-24(27(31)30-15-5-6-19(3)25(30)29-26)16-23(17-28)35(32,33)22-13-7-18(2)8-14-22/h5-16H,4H2,1-3H3/b23-16-. The van der Waals surface area contributed by atoms with Gasteiger partial charge in [0.05, 0.1) is 4.90 Å². The number of rotatable bonds is 6. The van der Waals surface area contributed by atoms with E-state index in [1.807, 2.05) is 26.0 Å². The van der Waals surface area contributed by atoms with E-state index < -0.39 is 20.3 Å². The smallest absolute Gasteiger partial charge is 0.269 e. The van der Waals surface area contributed by atoms with Crippen LogP contribution in [-0.4, -0.2) is 17.8 Å². The lowest BCUT2D eigenvalue weighted by molar-refractivity contribution is 0.460. The summed E-state index contributed by atoms with van der Waals surface area (Å²) in [6.07, 6.45) is 3.43. The van der Waals surface area contributed by atoms with Crippen LogP contribution in [0.1, 0.15) is 29.2 Å². The van der Waals surface area contributed by atoms with Gasteiger partial charge in [-0.25, -0.2) is 8.42 Å². The predicted octanol–water partition coefficient (Wildman–Crippen LogP) is 5.00. The van der Waals surface area contributed by atoms with Gasteiger partial charge in [-0.2, -0.15) is 10.2 Å². The number of benzene rings is 2. The summed E-state index contributed by atoms with van der Waals surface area (Å²) in [6, 6.07) is 18.7. The summed E-state index contributed by atoms with van der Waals surface area (Å²) >= 11 is 0. The third kappa shape index (κ3) is 4.72. The second-order valence-corrected chi connectivity index (χ2v) is 9.98. The normalized spacial score (nSPS) is 11.9. The topological polar surface area (TPSA) is 102 Å². The molecule has 176 valence electrons. The van der Waals surface area contributed by atoms with Crippen LogP contribution in [0.5, 0.6) is 11.6 Å². The molecule has 35 heavy (non-hydrogen) atoms. The first kappa shape index (κ1) is 23.9. The number of ether oxygens (including phenoxy) is 1. The van der Waals surface area contributed by atoms with Crippen molar-refractivity contribution in [3.8, 4) is 17.7 Å². The number of aromatic nitrogens is 2. The first-order chi connectivity index (χ1) is 16.7. The number of hydrogen-bond donors (Lipinski definition) is 0. The summed E-state index contributed by atoms with van der Waals surface area (Å²) in [5, 5.41) is 9.76. The number of sulfone groups is 1. The highest BCUT2D eigenvalue weighted by Gasteiger charge is 2.24. The summed E-state index contributed by atoms with van der Waals surface area (Å²) in [6.45, 7) is 5.67. The number of nitrogens with zero attached hydrogens (tertiary/aromatic N) is 3. The molecule has 2 aromatic carbocycles. The zero-order chi connectivity index (χ0) is 25.2. The van der Waals surface area contributed by atoms with Gasteiger partial charge in [0, 0.05) is 6.20 Å². The second-order valence-electron chi connectivity index (χ2n) is 8.06. The van der Waals surface area contributed by atoms with E-state index in [2.05, 4.69) is 4.98 Å². The number of fused-ring (bicyclic) bond motifs is 1. The van der Waals surface area contributed by atoms with Crippen LogP contribution in [0, 0.1) is 25.2 Å². The minimum absolute atomic E-state index is 0.0433. The number of nitriles is 1. The van der Waals surface area contributed by atoms with Crippen LogP contribution in [0.4, 0.5) is 0 Å². The zero-order valence-electron chi connectivity index (χ0n) is 19.5. The molecule has 0 atom stereocenters. The van der Waals surface area contributed by atoms with Crippen LogP contribution in [0.2, 0.25) is 0 Å². The highest BCUT2D eigenvalue weighted by molar-refractivity contribution is 7.95. The Bertz CT molecular complexity index is 1640. The average molecular weight is 486 g/mol. The van der Waals surface area contributed by atoms with E-state index in [0.29, 0.717) is 11.4 Å². The zero-order valence-corrected chi connectivity index (χ0v) is 20.3. The molecule has 2 aromatic heterocycles. The van der Waals surface area contributed by atoms with Gasteiger partial charge < -0.3 is 4.74 Å². The van der Waals surface area contributed by atoms with E-state index in [1.165, 1.54) is 22.7 Å². The van der Waals surface area contributed by atoms with Crippen LogP contribution in [0.25, 0.3) is 11.7 Å². The van der Waals surface area contributed by atoms with Crippen molar-refractivity contribution in [3.05, 3.63) is 104 Å². The maximum atomic E-state index is 13.4. The molecule has 0 spiro atoms. The Labute approximate surface area is 203 Å². The van der Waals surface area contributed by atoms with E-state index in [0.717, 1.165) is 29.2 Å². The summed E-state index contributed by atoms with van der Waals surface area (Å²) in [4.78, 5) is 17.3. The molecule has 7 nitrogen and oxygen atoms in total. The van der Waals surface area contributed by atoms with Gasteiger partial charge in [0.25, 0.3) is 5.56 Å². The van der Waals surface area contributed by atoms with Crippen LogP contribution < -0.4 is 10.3 Å². The SMILES string of the molecule is CCc1ccc(Oc2nc3c(C)cccn3c(=O)c2/C=C(/C#N)S(=O)(=O)c2ccc(C)cc2)cc1. The van der Waals surface area contributed by atoms with Crippen molar-refractivity contribution in [1.82, 2.24) is 9.38 Å². The summed E-state index contributed by atoms with van der Waals surface area (Å²) in [5.41, 5.74) is 2.40. The van der Waals surface area contributed by atoms with Gasteiger partial charge in [0.15, 0.2) is 0 Å². The van der Waals surface area contributed by atoms with Crippen molar-refractivity contribution in [3.63, 3.8) is 0 Å². The van der Waals surface area contributed by atoms with E-state index in [9.17, 15) is 18.5 Å². The molecule has 0 aliphatic carbocycles. The second kappa shape index (κ2) is 9.57. The lowest BCUT2D eigenvalue weighted by atomic mass is 10.2. The Balaban J connectivity index is 1.93. The molecule has 0 saturated heterocycles. The lowest BCUT2D eigenvalue weighted by Crippen LogP contribution is -2.20. The average Bonchev–Trinajstić information content (AvgIpc) is 2.85. The van der Waals surface area contributed by atoms with Crippen LogP contribution in [-0.2, 0) is 16.3 Å². The van der Waals surface area contributed by atoms with E-state index in [1.54, 1.807) is 49.4 Å². The molecule has 8 heteroatoms. The van der Waals surface area contributed by atoms with Gasteiger partial charge in [-0.15, -0.1) is 0 Å². The Morgan fingerprint density at radius 3 is 2.40 bits per heavy atom. The first-order valence-electron chi connectivity index (χ1n) is 11.0. The minimum atomic E-state index is -4.17. The fourth-order valence-electron chi connectivity index (χ4n) is 3.54. The molecule has 4 rings (SSSR count). The number of pyridine rings is 1. The van der Waals surface area contributed by atoms with Crippen molar-refractivity contribution in [1.29, 1.82) is 5.26 Å². The van der Waals surface area contributed by atoms with E-state index in [4.69, 9.17) is 4.74 Å². The summed E-state index contributed by atoms with van der Waals surface area (Å²) in [5.74, 6) is 0.349. The fourth-order valence-corrected chi connectivity index (χ4v) is 4.69. The van der Waals surface area contributed by atoms with E-state index >= 15 is 0 Å². The predicted molar refractivity (Wildman–Crippen MR) is 134 cm³/mol. The molecule has 0 unspecified atom stereocenters. The lowest BCUT2D eigenvalue weighted by Gasteiger charge is -2.12. The third-order valence-corrected chi connectivity index (χ3v) is 7.28. The van der Waals surface area contributed by atoms with Crippen molar-refractivity contribution in [2.75, 3.05) is 0 Å². The molecule has 0 radical (unpaired) electrons. The quantitative estimate of drug-likeness (QED) is 0.356. The van der Waals surface area contributed by atoms with Crippen LogP contribution in [0.3, 0.4) is 0 Å². The number of allylic oxidation sites excluding steroid dienone is 1. The van der Waals surface area contributed by atoms with Crippen molar-refractivity contribution in [2.24, 2.45) is 0 Å². The van der Waals surface area contributed by atoms with Gasteiger partial charge in [0.2, 0.25) is 15.7 Å². The molecular weight excluding hydrogens is 462 g/mol. The molecule has 0 fully saturated rings. The highest BCUT2D eigenvalue weighted by atomic mass is 32.2. The molecule has 0 saturated carbocycles. The minimum Gasteiger partial charge on any atom is -0.438 e. The Morgan fingerprint density at radius 1 is 1.09 bits per heavy atom. The van der Waals surface area contributed by atoms with Crippen molar-refractivity contribution in [2.45, 2.75) is 32.1 Å². The van der Waals surface area contributed by atoms with Gasteiger partial charge >= 0.3 is 0 Å². The Morgan fingerprint density at radius 2 is 1.77 bits per heavy atom. The number of aryl methyl sites for hydroxylation is 3. The molecule has 4 aromatic rings. The van der Waals surface area contributed by atoms with Crippen LogP contribution >= 0.6 is 0 Å². The highest BCUT2D eigenvalue weighted by Crippen LogP contribution is 2.27. The summed E-state index contributed by atoms with van der Waals surface area (Å²) in [7, 11) is -4.17. The Hall–Kier alpha value is -4.22.